The van der Waals surface area contributed by atoms with Crippen molar-refractivity contribution in [2.45, 2.75) is 25.9 Å². The second-order valence-corrected chi connectivity index (χ2v) is 5.18. The summed E-state index contributed by atoms with van der Waals surface area (Å²) < 4.78 is 7.26. The van der Waals surface area contributed by atoms with Crippen molar-refractivity contribution >= 4 is 0 Å². The number of hydrogen-bond donors (Lipinski definition) is 1. The number of benzene rings is 1. The van der Waals surface area contributed by atoms with Gasteiger partial charge in [-0.1, -0.05) is 35.5 Å². The fraction of sp³-hybridized carbons (Fsp3) is 0.250. The molecule has 2 aromatic heterocycles. The first kappa shape index (κ1) is 13.6. The first-order valence-corrected chi connectivity index (χ1v) is 6.94. The monoisotopic (exact) mass is 282 g/mol. The molecule has 2 N–H and O–H groups in total. The van der Waals surface area contributed by atoms with Gasteiger partial charge in [-0.15, -0.1) is 0 Å². The summed E-state index contributed by atoms with van der Waals surface area (Å²) in [6.07, 6.45) is 4.37. The summed E-state index contributed by atoms with van der Waals surface area (Å²) in [6, 6.07) is 12.0. The van der Waals surface area contributed by atoms with Gasteiger partial charge in [-0.05, 0) is 18.9 Å². The molecule has 0 saturated heterocycles. The SMILES string of the molecule is Cc1cc(Cn2cncc2[C@H](N)Cc2ccccc2)on1. The summed E-state index contributed by atoms with van der Waals surface area (Å²) in [5.41, 5.74) is 9.41. The van der Waals surface area contributed by atoms with Crippen LogP contribution in [0.3, 0.4) is 0 Å². The fourth-order valence-corrected chi connectivity index (χ4v) is 2.40. The molecule has 0 aliphatic rings. The van der Waals surface area contributed by atoms with Crippen molar-refractivity contribution in [2.24, 2.45) is 5.73 Å². The van der Waals surface area contributed by atoms with E-state index < -0.39 is 0 Å². The molecule has 1 atom stereocenters. The fourth-order valence-electron chi connectivity index (χ4n) is 2.40. The van der Waals surface area contributed by atoms with Gasteiger partial charge < -0.3 is 14.8 Å². The maximum absolute atomic E-state index is 6.32. The van der Waals surface area contributed by atoms with Crippen LogP contribution in [0.4, 0.5) is 0 Å². The molecule has 0 aliphatic heterocycles. The molecular formula is C16H18N4O. The molecule has 3 rings (SSSR count). The quantitative estimate of drug-likeness (QED) is 0.780. The van der Waals surface area contributed by atoms with Gasteiger partial charge >= 0.3 is 0 Å². The summed E-state index contributed by atoms with van der Waals surface area (Å²) in [6.45, 7) is 2.50. The van der Waals surface area contributed by atoms with Crippen LogP contribution in [0.15, 0.2) is 53.4 Å². The van der Waals surface area contributed by atoms with E-state index in [2.05, 4.69) is 22.3 Å². The van der Waals surface area contributed by atoms with Crippen molar-refractivity contribution in [3.05, 3.63) is 71.6 Å². The Morgan fingerprint density at radius 1 is 1.29 bits per heavy atom. The molecule has 5 nitrogen and oxygen atoms in total. The van der Waals surface area contributed by atoms with Crippen molar-refractivity contribution in [1.82, 2.24) is 14.7 Å². The van der Waals surface area contributed by atoms with Crippen LogP contribution in [0.2, 0.25) is 0 Å². The van der Waals surface area contributed by atoms with Gasteiger partial charge in [0.1, 0.15) is 0 Å². The normalized spacial score (nSPS) is 12.5. The average molecular weight is 282 g/mol. The Morgan fingerprint density at radius 2 is 2.10 bits per heavy atom. The van der Waals surface area contributed by atoms with Crippen LogP contribution in [-0.2, 0) is 13.0 Å². The minimum Gasteiger partial charge on any atom is -0.359 e. The predicted molar refractivity (Wildman–Crippen MR) is 79.6 cm³/mol. The van der Waals surface area contributed by atoms with Crippen molar-refractivity contribution in [3.63, 3.8) is 0 Å². The lowest BCUT2D eigenvalue weighted by atomic mass is 10.0. The smallest absolute Gasteiger partial charge is 0.156 e. The van der Waals surface area contributed by atoms with Crippen molar-refractivity contribution < 1.29 is 4.52 Å². The number of nitrogens with zero attached hydrogens (tertiary/aromatic N) is 3. The Bertz CT molecular complexity index is 702. The molecule has 0 amide bonds. The molecule has 0 fully saturated rings. The minimum absolute atomic E-state index is 0.0982. The van der Waals surface area contributed by atoms with Gasteiger partial charge in [-0.2, -0.15) is 0 Å². The lowest BCUT2D eigenvalue weighted by Crippen LogP contribution is -2.18. The lowest BCUT2D eigenvalue weighted by molar-refractivity contribution is 0.370. The van der Waals surface area contributed by atoms with Gasteiger partial charge in [0.2, 0.25) is 0 Å². The van der Waals surface area contributed by atoms with Gasteiger partial charge in [0.25, 0.3) is 0 Å². The van der Waals surface area contributed by atoms with Crippen molar-refractivity contribution in [2.75, 3.05) is 0 Å². The van der Waals surface area contributed by atoms with E-state index in [9.17, 15) is 0 Å². The van der Waals surface area contributed by atoms with Crippen LogP contribution in [0, 0.1) is 6.92 Å². The molecule has 0 radical (unpaired) electrons. The third-order valence-corrected chi connectivity index (χ3v) is 3.43. The van der Waals surface area contributed by atoms with Crippen LogP contribution in [0.25, 0.3) is 0 Å². The van der Waals surface area contributed by atoms with Crippen LogP contribution < -0.4 is 5.73 Å². The highest BCUT2D eigenvalue weighted by atomic mass is 16.5. The Morgan fingerprint density at radius 3 is 2.81 bits per heavy atom. The van der Waals surface area contributed by atoms with E-state index in [-0.39, 0.29) is 6.04 Å². The number of hydrogen-bond acceptors (Lipinski definition) is 4. The molecule has 0 saturated carbocycles. The van der Waals surface area contributed by atoms with Gasteiger partial charge in [-0.3, -0.25) is 0 Å². The molecule has 0 unspecified atom stereocenters. The zero-order chi connectivity index (χ0) is 14.7. The summed E-state index contributed by atoms with van der Waals surface area (Å²) in [5, 5.41) is 3.90. The Hall–Kier alpha value is -2.40. The highest BCUT2D eigenvalue weighted by molar-refractivity contribution is 5.19. The van der Waals surface area contributed by atoms with E-state index >= 15 is 0 Å². The summed E-state index contributed by atoms with van der Waals surface area (Å²) in [7, 11) is 0. The van der Waals surface area contributed by atoms with Crippen LogP contribution >= 0.6 is 0 Å². The highest BCUT2D eigenvalue weighted by Crippen LogP contribution is 2.17. The average Bonchev–Trinajstić information content (AvgIpc) is 3.10. The number of rotatable bonds is 5. The first-order chi connectivity index (χ1) is 10.2. The number of nitrogens with two attached hydrogens (primary N) is 1. The maximum atomic E-state index is 6.32. The Balaban J connectivity index is 1.75. The predicted octanol–water partition coefficient (Wildman–Crippen LogP) is 2.47. The molecule has 21 heavy (non-hydrogen) atoms. The zero-order valence-electron chi connectivity index (χ0n) is 11.9. The van der Waals surface area contributed by atoms with E-state index in [0.29, 0.717) is 6.54 Å². The van der Waals surface area contributed by atoms with Crippen LogP contribution in [-0.4, -0.2) is 14.7 Å². The molecule has 0 bridgehead atoms. The molecule has 2 heterocycles. The molecule has 1 aromatic carbocycles. The standard InChI is InChI=1S/C16H18N4O/c1-12-7-14(21-19-12)10-20-11-18-9-16(20)15(17)8-13-5-3-2-4-6-13/h2-7,9,11,15H,8,10,17H2,1H3/t15-/m1/s1. The molecular weight excluding hydrogens is 264 g/mol. The van der Waals surface area contributed by atoms with E-state index in [1.807, 2.05) is 42.0 Å². The maximum Gasteiger partial charge on any atom is 0.156 e. The zero-order valence-corrected chi connectivity index (χ0v) is 11.9. The van der Waals surface area contributed by atoms with E-state index in [1.54, 1.807) is 6.33 Å². The molecule has 3 aromatic rings. The second-order valence-electron chi connectivity index (χ2n) is 5.18. The largest absolute Gasteiger partial charge is 0.359 e. The molecule has 0 spiro atoms. The Kier molecular flexibility index (Phi) is 3.83. The number of imidazole rings is 1. The van der Waals surface area contributed by atoms with Crippen molar-refractivity contribution in [3.8, 4) is 0 Å². The summed E-state index contributed by atoms with van der Waals surface area (Å²) in [5.74, 6) is 0.804. The van der Waals surface area contributed by atoms with E-state index in [4.69, 9.17) is 10.3 Å². The third-order valence-electron chi connectivity index (χ3n) is 3.43. The lowest BCUT2D eigenvalue weighted by Gasteiger charge is -2.14. The summed E-state index contributed by atoms with van der Waals surface area (Å²) >= 11 is 0. The van der Waals surface area contributed by atoms with E-state index in [1.165, 1.54) is 5.56 Å². The molecule has 108 valence electrons. The number of aromatic nitrogens is 3. The minimum atomic E-state index is -0.0982. The third kappa shape index (κ3) is 3.20. The van der Waals surface area contributed by atoms with E-state index in [0.717, 1.165) is 23.6 Å². The molecule has 5 heteroatoms. The molecule has 0 aliphatic carbocycles. The van der Waals surface area contributed by atoms with Crippen molar-refractivity contribution in [1.29, 1.82) is 0 Å². The van der Waals surface area contributed by atoms with Crippen LogP contribution in [0.1, 0.15) is 28.8 Å². The van der Waals surface area contributed by atoms with Crippen LogP contribution in [0.5, 0.6) is 0 Å². The van der Waals surface area contributed by atoms with Gasteiger partial charge in [-0.25, -0.2) is 4.98 Å². The highest BCUT2D eigenvalue weighted by Gasteiger charge is 2.13. The van der Waals surface area contributed by atoms with Gasteiger partial charge in [0.15, 0.2) is 5.76 Å². The van der Waals surface area contributed by atoms with Gasteiger partial charge in [0, 0.05) is 12.3 Å². The first-order valence-electron chi connectivity index (χ1n) is 6.94. The van der Waals surface area contributed by atoms with Gasteiger partial charge in [0.05, 0.1) is 30.3 Å². The topological polar surface area (TPSA) is 69.9 Å². The Labute approximate surface area is 123 Å². The second kappa shape index (κ2) is 5.93. The summed E-state index contributed by atoms with van der Waals surface area (Å²) in [4.78, 5) is 4.21. The number of aryl methyl sites for hydroxylation is 1.